The lowest BCUT2D eigenvalue weighted by molar-refractivity contribution is -0.00350. The van der Waals surface area contributed by atoms with Crippen LogP contribution in [0.25, 0.3) is 5.65 Å². The molecule has 0 N–H and O–H groups in total. The van der Waals surface area contributed by atoms with Gasteiger partial charge in [0.2, 0.25) is 5.65 Å². The molecular formula is C11H14ClN5O. The smallest absolute Gasteiger partial charge is 0.203 e. The van der Waals surface area contributed by atoms with Crippen LogP contribution in [0.1, 0.15) is 6.92 Å². The number of halogens is 1. The Balaban J connectivity index is 1.96. The topological polar surface area (TPSA) is 55.6 Å². The van der Waals surface area contributed by atoms with Crippen molar-refractivity contribution in [2.24, 2.45) is 0 Å². The van der Waals surface area contributed by atoms with Gasteiger partial charge in [-0.3, -0.25) is 4.40 Å². The van der Waals surface area contributed by atoms with Gasteiger partial charge in [0.15, 0.2) is 5.82 Å². The summed E-state index contributed by atoms with van der Waals surface area (Å²) in [6.45, 7) is 3.55. The van der Waals surface area contributed by atoms with Crippen LogP contribution in [0.15, 0.2) is 18.7 Å². The van der Waals surface area contributed by atoms with Crippen molar-refractivity contribution in [1.29, 1.82) is 0 Å². The Morgan fingerprint density at radius 1 is 1.50 bits per heavy atom. The van der Waals surface area contributed by atoms with E-state index in [9.17, 15) is 0 Å². The van der Waals surface area contributed by atoms with E-state index >= 15 is 0 Å². The van der Waals surface area contributed by atoms with Crippen LogP contribution in [-0.2, 0) is 4.74 Å². The van der Waals surface area contributed by atoms with Gasteiger partial charge in [-0.25, -0.2) is 4.98 Å². The van der Waals surface area contributed by atoms with Crippen molar-refractivity contribution in [2.75, 3.05) is 23.9 Å². The fourth-order valence-corrected chi connectivity index (χ4v) is 2.44. The maximum atomic E-state index is 5.89. The maximum Gasteiger partial charge on any atom is 0.203 e. The molecule has 2 aromatic rings. The van der Waals surface area contributed by atoms with Crippen LogP contribution in [0.3, 0.4) is 0 Å². The quantitative estimate of drug-likeness (QED) is 0.759. The number of hydrogen-bond donors (Lipinski definition) is 0. The van der Waals surface area contributed by atoms with Crippen LogP contribution in [-0.4, -0.2) is 50.8 Å². The molecule has 2 unspecified atom stereocenters. The Morgan fingerprint density at radius 3 is 3.22 bits per heavy atom. The first-order chi connectivity index (χ1) is 8.78. The molecule has 0 aromatic carbocycles. The van der Waals surface area contributed by atoms with Gasteiger partial charge in [0.05, 0.1) is 18.1 Å². The van der Waals surface area contributed by atoms with E-state index in [1.165, 1.54) is 0 Å². The van der Waals surface area contributed by atoms with Crippen molar-refractivity contribution >= 4 is 23.1 Å². The Bertz CT molecular complexity index is 545. The van der Waals surface area contributed by atoms with Crippen molar-refractivity contribution in [2.45, 2.75) is 19.1 Å². The molecule has 0 aliphatic carbocycles. The summed E-state index contributed by atoms with van der Waals surface area (Å²) in [4.78, 5) is 6.57. The fraction of sp³-hybridized carbons (Fsp3) is 0.545. The van der Waals surface area contributed by atoms with Crippen LogP contribution >= 0.6 is 11.6 Å². The second-order valence-electron chi connectivity index (χ2n) is 4.44. The summed E-state index contributed by atoms with van der Waals surface area (Å²) >= 11 is 5.89. The second-order valence-corrected chi connectivity index (χ2v) is 4.75. The van der Waals surface area contributed by atoms with E-state index in [2.05, 4.69) is 20.1 Å². The average molecular weight is 268 g/mol. The zero-order valence-electron chi connectivity index (χ0n) is 10.0. The minimum absolute atomic E-state index is 0.0281. The number of aromatic nitrogens is 4. The van der Waals surface area contributed by atoms with E-state index in [0.717, 1.165) is 24.6 Å². The predicted molar refractivity (Wildman–Crippen MR) is 68.1 cm³/mol. The third-order valence-electron chi connectivity index (χ3n) is 3.00. The van der Waals surface area contributed by atoms with E-state index in [4.69, 9.17) is 16.3 Å². The van der Waals surface area contributed by atoms with Crippen molar-refractivity contribution in [3.05, 3.63) is 18.7 Å². The normalized spacial score (nSPS) is 24.7. The van der Waals surface area contributed by atoms with E-state index in [0.29, 0.717) is 5.88 Å². The number of alkyl halides is 1. The molecule has 1 aliphatic rings. The SMILES string of the molecule is CC1CN(c2nccn3cnnc23)CC(CCl)O1. The average Bonchev–Trinajstić information content (AvgIpc) is 2.85. The predicted octanol–water partition coefficient (Wildman–Crippen LogP) is 0.957. The molecule has 7 heteroatoms. The van der Waals surface area contributed by atoms with Gasteiger partial charge in [0.1, 0.15) is 6.33 Å². The molecular weight excluding hydrogens is 254 g/mol. The highest BCUT2D eigenvalue weighted by Gasteiger charge is 2.27. The summed E-state index contributed by atoms with van der Waals surface area (Å²) in [7, 11) is 0. The summed E-state index contributed by atoms with van der Waals surface area (Å²) in [6.07, 6.45) is 5.42. The lowest BCUT2D eigenvalue weighted by Crippen LogP contribution is -2.47. The standard InChI is InChI=1S/C11H14ClN5O/c1-8-5-17(6-9(4-12)18-8)10-11-15-14-7-16(11)3-2-13-10/h2-3,7-9H,4-6H2,1H3. The molecule has 1 aliphatic heterocycles. The maximum absolute atomic E-state index is 5.89. The molecule has 3 heterocycles. The molecule has 0 bridgehead atoms. The number of rotatable bonds is 2. The minimum Gasteiger partial charge on any atom is -0.370 e. The van der Waals surface area contributed by atoms with E-state index < -0.39 is 0 Å². The third-order valence-corrected chi connectivity index (χ3v) is 3.34. The van der Waals surface area contributed by atoms with Gasteiger partial charge in [-0.2, -0.15) is 0 Å². The Kier molecular flexibility index (Phi) is 3.05. The molecule has 18 heavy (non-hydrogen) atoms. The van der Waals surface area contributed by atoms with E-state index in [1.807, 2.05) is 17.5 Å². The van der Waals surface area contributed by atoms with Crippen LogP contribution in [0.2, 0.25) is 0 Å². The van der Waals surface area contributed by atoms with Gasteiger partial charge in [-0.15, -0.1) is 21.8 Å². The lowest BCUT2D eigenvalue weighted by Gasteiger charge is -2.36. The first kappa shape index (κ1) is 11.7. The molecule has 3 rings (SSSR count). The monoisotopic (exact) mass is 267 g/mol. The number of hydrogen-bond acceptors (Lipinski definition) is 5. The molecule has 0 amide bonds. The molecule has 1 fully saturated rings. The summed E-state index contributed by atoms with van der Waals surface area (Å²) in [5.41, 5.74) is 0.764. The van der Waals surface area contributed by atoms with Crippen LogP contribution in [0, 0.1) is 0 Å². The molecule has 2 aromatic heterocycles. The van der Waals surface area contributed by atoms with Crippen molar-refractivity contribution in [1.82, 2.24) is 19.6 Å². The third kappa shape index (κ3) is 2.02. The van der Waals surface area contributed by atoms with Gasteiger partial charge in [-0.1, -0.05) is 0 Å². The zero-order valence-corrected chi connectivity index (χ0v) is 10.8. The molecule has 1 saturated heterocycles. The molecule has 2 atom stereocenters. The second kappa shape index (κ2) is 4.70. The van der Waals surface area contributed by atoms with Crippen LogP contribution < -0.4 is 4.90 Å². The first-order valence-corrected chi connectivity index (χ1v) is 6.42. The first-order valence-electron chi connectivity index (χ1n) is 5.88. The number of ether oxygens (including phenoxy) is 1. The molecule has 0 radical (unpaired) electrons. The van der Waals surface area contributed by atoms with Crippen molar-refractivity contribution < 1.29 is 4.74 Å². The number of fused-ring (bicyclic) bond motifs is 1. The molecule has 6 nitrogen and oxygen atoms in total. The Morgan fingerprint density at radius 2 is 2.39 bits per heavy atom. The molecule has 0 spiro atoms. The number of morpholine rings is 1. The summed E-state index contributed by atoms with van der Waals surface area (Å²) < 4.78 is 7.60. The van der Waals surface area contributed by atoms with Gasteiger partial charge >= 0.3 is 0 Å². The highest BCUT2D eigenvalue weighted by atomic mass is 35.5. The van der Waals surface area contributed by atoms with Crippen molar-refractivity contribution in [3.8, 4) is 0 Å². The van der Waals surface area contributed by atoms with Crippen LogP contribution in [0.5, 0.6) is 0 Å². The number of nitrogens with zero attached hydrogens (tertiary/aromatic N) is 5. The minimum atomic E-state index is 0.0281. The van der Waals surface area contributed by atoms with Gasteiger partial charge in [0, 0.05) is 25.5 Å². The van der Waals surface area contributed by atoms with Gasteiger partial charge < -0.3 is 9.64 Å². The summed E-state index contributed by atoms with van der Waals surface area (Å²) in [6, 6.07) is 0. The van der Waals surface area contributed by atoms with E-state index in [-0.39, 0.29) is 12.2 Å². The Hall–Kier alpha value is -1.40. The van der Waals surface area contributed by atoms with Crippen LogP contribution in [0.4, 0.5) is 5.82 Å². The lowest BCUT2D eigenvalue weighted by atomic mass is 10.2. The zero-order chi connectivity index (χ0) is 12.5. The molecule has 96 valence electrons. The largest absolute Gasteiger partial charge is 0.370 e. The highest BCUT2D eigenvalue weighted by Crippen LogP contribution is 2.21. The number of anilines is 1. The van der Waals surface area contributed by atoms with Gasteiger partial charge in [-0.05, 0) is 6.92 Å². The van der Waals surface area contributed by atoms with E-state index in [1.54, 1.807) is 12.5 Å². The summed E-state index contributed by atoms with van der Waals surface area (Å²) in [5, 5.41) is 8.01. The van der Waals surface area contributed by atoms with Gasteiger partial charge in [0.25, 0.3) is 0 Å². The molecule has 0 saturated carbocycles. The van der Waals surface area contributed by atoms with Crippen molar-refractivity contribution in [3.63, 3.8) is 0 Å². The highest BCUT2D eigenvalue weighted by molar-refractivity contribution is 6.18. The summed E-state index contributed by atoms with van der Waals surface area (Å²) in [5.74, 6) is 1.32. The Labute approximate surface area is 110 Å². The fourth-order valence-electron chi connectivity index (χ4n) is 2.27.